The van der Waals surface area contributed by atoms with Crippen LogP contribution < -0.4 is 9.80 Å². The quantitative estimate of drug-likeness (QED) is 0.444. The van der Waals surface area contributed by atoms with Crippen molar-refractivity contribution in [3.8, 4) is 0 Å². The van der Waals surface area contributed by atoms with Gasteiger partial charge in [-0.15, -0.1) is 11.8 Å². The van der Waals surface area contributed by atoms with Crippen LogP contribution in [-0.4, -0.2) is 17.6 Å². The van der Waals surface area contributed by atoms with Crippen LogP contribution in [0.4, 0.5) is 11.4 Å². The topological polar surface area (TPSA) is 40.6 Å². The maximum Gasteiger partial charge on any atom is 0.269 e. The molecule has 2 heterocycles. The van der Waals surface area contributed by atoms with E-state index in [1.807, 2.05) is 36.4 Å². The Morgan fingerprint density at radius 3 is 2.39 bits per heavy atom. The van der Waals surface area contributed by atoms with E-state index in [0.29, 0.717) is 27.3 Å². The summed E-state index contributed by atoms with van der Waals surface area (Å²) in [7, 11) is 0. The summed E-state index contributed by atoms with van der Waals surface area (Å²) in [4.78, 5) is 29.1. The van der Waals surface area contributed by atoms with Crippen LogP contribution in [-0.2, 0) is 21.0 Å². The number of halogens is 3. The second-order valence-electron chi connectivity index (χ2n) is 7.30. The van der Waals surface area contributed by atoms with E-state index < -0.39 is 4.87 Å². The van der Waals surface area contributed by atoms with E-state index in [9.17, 15) is 9.59 Å². The molecule has 2 aliphatic rings. The molecule has 0 bridgehead atoms. The van der Waals surface area contributed by atoms with Crippen LogP contribution in [0.15, 0.2) is 66.7 Å². The van der Waals surface area contributed by atoms with Gasteiger partial charge in [0.25, 0.3) is 5.91 Å². The number of hydrogen-bond donors (Lipinski definition) is 0. The second-order valence-corrected chi connectivity index (χ2v) is 9.71. The highest BCUT2D eigenvalue weighted by Gasteiger charge is 2.60. The molecule has 0 radical (unpaired) electrons. The lowest BCUT2D eigenvalue weighted by Gasteiger charge is -2.33. The summed E-state index contributed by atoms with van der Waals surface area (Å²) in [5, 5.41) is 1.35. The van der Waals surface area contributed by atoms with Crippen molar-refractivity contribution in [1.29, 1.82) is 0 Å². The van der Waals surface area contributed by atoms with Crippen LogP contribution in [0.2, 0.25) is 15.1 Å². The molecule has 1 atom stereocenters. The zero-order valence-corrected chi connectivity index (χ0v) is 19.1. The highest BCUT2D eigenvalue weighted by molar-refractivity contribution is 8.02. The maximum atomic E-state index is 14.0. The van der Waals surface area contributed by atoms with Gasteiger partial charge in [-0.05, 0) is 42.0 Å². The number of thioether (sulfide) groups is 1. The molecular formula is C23H15Cl3N2O2S. The summed E-state index contributed by atoms with van der Waals surface area (Å²) in [6, 6.07) is 20.0. The van der Waals surface area contributed by atoms with Crippen molar-refractivity contribution < 1.29 is 9.59 Å². The average molecular weight is 490 g/mol. The number of fused-ring (bicyclic) bond motifs is 2. The van der Waals surface area contributed by atoms with Crippen LogP contribution in [0.25, 0.3) is 0 Å². The van der Waals surface area contributed by atoms with Crippen LogP contribution in [0, 0.1) is 0 Å². The third-order valence-corrected chi connectivity index (χ3v) is 7.86. The number of nitrogens with zero attached hydrogens (tertiary/aromatic N) is 2. The predicted octanol–water partition coefficient (Wildman–Crippen LogP) is 6.13. The Morgan fingerprint density at radius 2 is 1.65 bits per heavy atom. The smallest absolute Gasteiger partial charge is 0.269 e. The Hall–Kier alpha value is -2.18. The fourth-order valence-electron chi connectivity index (χ4n) is 4.11. The van der Waals surface area contributed by atoms with E-state index in [0.717, 1.165) is 16.8 Å². The minimum atomic E-state index is -1.18. The number of hydrogen-bond acceptors (Lipinski definition) is 3. The minimum Gasteiger partial charge on any atom is -0.304 e. The van der Waals surface area contributed by atoms with Gasteiger partial charge >= 0.3 is 0 Å². The molecule has 0 aliphatic carbocycles. The van der Waals surface area contributed by atoms with Gasteiger partial charge in [-0.2, -0.15) is 0 Å². The van der Waals surface area contributed by atoms with Crippen LogP contribution >= 0.6 is 46.6 Å². The first-order valence-corrected chi connectivity index (χ1v) is 11.6. The number of carbonyl (C=O) groups excluding carboxylic acids is 2. The van der Waals surface area contributed by atoms with Crippen molar-refractivity contribution in [3.63, 3.8) is 0 Å². The largest absolute Gasteiger partial charge is 0.304 e. The van der Waals surface area contributed by atoms with Crippen LogP contribution in [0.5, 0.6) is 0 Å². The Kier molecular flexibility index (Phi) is 5.18. The molecule has 0 saturated carbocycles. The summed E-state index contributed by atoms with van der Waals surface area (Å²) in [6.45, 7) is 0.374. The molecule has 1 fully saturated rings. The number of benzene rings is 3. The van der Waals surface area contributed by atoms with E-state index >= 15 is 0 Å². The van der Waals surface area contributed by atoms with Crippen LogP contribution in [0.1, 0.15) is 11.1 Å². The molecule has 2 aliphatic heterocycles. The van der Waals surface area contributed by atoms with Crippen molar-refractivity contribution in [2.24, 2.45) is 0 Å². The molecule has 8 heteroatoms. The van der Waals surface area contributed by atoms with Gasteiger partial charge in [0, 0.05) is 16.3 Å². The predicted molar refractivity (Wildman–Crippen MR) is 127 cm³/mol. The van der Waals surface area contributed by atoms with E-state index in [2.05, 4.69) is 0 Å². The summed E-state index contributed by atoms with van der Waals surface area (Å²) in [6.07, 6.45) is 0. The third-order valence-electron chi connectivity index (χ3n) is 5.48. The van der Waals surface area contributed by atoms with E-state index in [4.69, 9.17) is 34.8 Å². The van der Waals surface area contributed by atoms with E-state index in [1.165, 1.54) is 11.8 Å². The molecule has 0 aromatic heterocycles. The Balaban J connectivity index is 1.63. The lowest BCUT2D eigenvalue weighted by Crippen LogP contribution is -2.49. The molecule has 4 nitrogen and oxygen atoms in total. The summed E-state index contributed by atoms with van der Waals surface area (Å²) in [5.74, 6) is -0.125. The first-order valence-electron chi connectivity index (χ1n) is 9.50. The lowest BCUT2D eigenvalue weighted by atomic mass is 10.0. The van der Waals surface area contributed by atoms with Gasteiger partial charge in [-0.25, -0.2) is 0 Å². The number of amides is 2. The van der Waals surface area contributed by atoms with Gasteiger partial charge in [0.2, 0.25) is 10.8 Å². The molecule has 2 amide bonds. The summed E-state index contributed by atoms with van der Waals surface area (Å²) < 4.78 is 0. The zero-order valence-electron chi connectivity index (χ0n) is 16.0. The van der Waals surface area contributed by atoms with E-state index in [-0.39, 0.29) is 17.6 Å². The number of carbonyl (C=O) groups is 2. The molecule has 5 rings (SSSR count). The molecular weight excluding hydrogens is 475 g/mol. The standard InChI is InChI=1S/C23H15Cl3N2O2S/c24-15-7-5-14(6-8-15)12-27-20-4-2-1-3-17(20)23(22(27)30)28(21(29)13-31-23)16-9-10-18(25)19(26)11-16/h1-11H,12-13H2/t23-/m1/s1. The fraction of sp³-hybridized carbons (Fsp3) is 0.130. The first-order chi connectivity index (χ1) is 14.9. The molecule has 1 spiro atoms. The van der Waals surface area contributed by atoms with Crippen molar-refractivity contribution in [3.05, 3.63) is 92.9 Å². The van der Waals surface area contributed by atoms with Gasteiger partial charge in [-0.1, -0.05) is 65.1 Å². The Bertz CT molecular complexity index is 1220. The lowest BCUT2D eigenvalue weighted by molar-refractivity contribution is -0.123. The molecule has 1 saturated heterocycles. The summed E-state index contributed by atoms with van der Waals surface area (Å²) >= 11 is 19.7. The minimum absolute atomic E-state index is 0.153. The normalized spacial score (nSPS) is 20.1. The van der Waals surface area contributed by atoms with Gasteiger partial charge in [0.1, 0.15) is 0 Å². The maximum absolute atomic E-state index is 14.0. The van der Waals surface area contributed by atoms with Gasteiger partial charge < -0.3 is 4.90 Å². The third kappa shape index (κ3) is 3.23. The molecule has 0 unspecified atom stereocenters. The van der Waals surface area contributed by atoms with Crippen LogP contribution in [0.3, 0.4) is 0 Å². The van der Waals surface area contributed by atoms with Crippen molar-refractivity contribution >= 4 is 69.8 Å². The molecule has 31 heavy (non-hydrogen) atoms. The molecule has 156 valence electrons. The number of para-hydroxylation sites is 1. The highest BCUT2D eigenvalue weighted by Crippen LogP contribution is 2.56. The molecule has 0 N–H and O–H groups in total. The van der Waals surface area contributed by atoms with Crippen molar-refractivity contribution in [1.82, 2.24) is 0 Å². The second kappa shape index (κ2) is 7.75. The summed E-state index contributed by atoms with van der Waals surface area (Å²) in [5.41, 5.74) is 3.06. The number of rotatable bonds is 3. The van der Waals surface area contributed by atoms with Gasteiger partial charge in [0.15, 0.2) is 0 Å². The first kappa shape index (κ1) is 20.7. The fourth-order valence-corrected chi connectivity index (χ4v) is 5.89. The SMILES string of the molecule is O=C1CS[C@]2(C(=O)N(Cc3ccc(Cl)cc3)c3ccccc32)N1c1ccc(Cl)c(Cl)c1. The Morgan fingerprint density at radius 1 is 0.903 bits per heavy atom. The molecule has 3 aromatic rings. The van der Waals surface area contributed by atoms with Crippen molar-refractivity contribution in [2.45, 2.75) is 11.4 Å². The zero-order chi connectivity index (χ0) is 21.8. The van der Waals surface area contributed by atoms with Gasteiger partial charge in [0.05, 0.1) is 28.0 Å². The van der Waals surface area contributed by atoms with Crippen molar-refractivity contribution in [2.75, 3.05) is 15.6 Å². The number of anilines is 2. The monoisotopic (exact) mass is 488 g/mol. The Labute approximate surface area is 198 Å². The molecule has 3 aromatic carbocycles. The van der Waals surface area contributed by atoms with E-state index in [1.54, 1.807) is 40.1 Å². The van der Waals surface area contributed by atoms with Gasteiger partial charge in [-0.3, -0.25) is 14.5 Å². The average Bonchev–Trinajstić information content (AvgIpc) is 3.23. The highest BCUT2D eigenvalue weighted by atomic mass is 35.5.